The molecular weight excluding hydrogens is 214 g/mol. The van der Waals surface area contributed by atoms with E-state index in [9.17, 15) is 0 Å². The van der Waals surface area contributed by atoms with Crippen LogP contribution in [0.2, 0.25) is 0 Å². The second-order valence-corrected chi connectivity index (χ2v) is 3.93. The molecule has 1 unspecified atom stereocenters. The predicted octanol–water partition coefficient (Wildman–Crippen LogP) is 1.63. The fourth-order valence-electron chi connectivity index (χ4n) is 1.95. The highest BCUT2D eigenvalue weighted by Gasteiger charge is 2.14. The van der Waals surface area contributed by atoms with E-state index in [0.29, 0.717) is 6.54 Å². The topological polar surface area (TPSA) is 53.1 Å². The number of ether oxygens (including phenoxy) is 1. The van der Waals surface area contributed by atoms with E-state index in [4.69, 9.17) is 10.5 Å². The molecule has 2 aromatic rings. The number of aromatic nitrogens is 2. The Morgan fingerprint density at radius 2 is 2.24 bits per heavy atom. The third kappa shape index (κ3) is 2.65. The number of rotatable bonds is 5. The van der Waals surface area contributed by atoms with Gasteiger partial charge in [0, 0.05) is 37.0 Å². The molecule has 0 aliphatic rings. The van der Waals surface area contributed by atoms with Gasteiger partial charge in [0.2, 0.25) is 0 Å². The smallest absolute Gasteiger partial charge is 0.122 e. The maximum atomic E-state index is 5.86. The number of hydrogen-bond donors (Lipinski definition) is 1. The summed E-state index contributed by atoms with van der Waals surface area (Å²) in [4.78, 5) is 4.04. The van der Waals surface area contributed by atoms with Crippen molar-refractivity contribution in [3.05, 3.63) is 48.5 Å². The van der Waals surface area contributed by atoms with Crippen molar-refractivity contribution in [1.82, 2.24) is 9.55 Å². The van der Waals surface area contributed by atoms with Crippen molar-refractivity contribution in [2.24, 2.45) is 5.73 Å². The first-order chi connectivity index (χ1) is 8.35. The Bertz CT molecular complexity index is 453. The fourth-order valence-corrected chi connectivity index (χ4v) is 1.95. The Morgan fingerprint density at radius 3 is 2.88 bits per heavy atom. The third-order valence-electron chi connectivity index (χ3n) is 2.85. The maximum Gasteiger partial charge on any atom is 0.122 e. The first-order valence-electron chi connectivity index (χ1n) is 5.64. The average molecular weight is 231 g/mol. The van der Waals surface area contributed by atoms with Crippen molar-refractivity contribution in [2.45, 2.75) is 12.5 Å². The van der Waals surface area contributed by atoms with E-state index < -0.39 is 0 Å². The molecule has 1 aromatic carbocycles. The van der Waals surface area contributed by atoms with Gasteiger partial charge in [-0.25, -0.2) is 4.98 Å². The summed E-state index contributed by atoms with van der Waals surface area (Å²) in [5.41, 5.74) is 7.00. The van der Waals surface area contributed by atoms with Crippen LogP contribution in [0.1, 0.15) is 11.5 Å². The zero-order valence-electron chi connectivity index (χ0n) is 9.91. The second kappa shape index (κ2) is 5.50. The number of hydrogen-bond acceptors (Lipinski definition) is 3. The summed E-state index contributed by atoms with van der Waals surface area (Å²) in [5, 5.41) is 0. The first-order valence-corrected chi connectivity index (χ1v) is 5.64. The summed E-state index contributed by atoms with van der Waals surface area (Å²) < 4.78 is 7.40. The van der Waals surface area contributed by atoms with E-state index in [1.807, 2.05) is 29.0 Å². The minimum Gasteiger partial charge on any atom is -0.496 e. The second-order valence-electron chi connectivity index (χ2n) is 3.93. The molecule has 0 spiro atoms. The van der Waals surface area contributed by atoms with E-state index in [1.54, 1.807) is 19.6 Å². The minimum absolute atomic E-state index is 0.236. The lowest BCUT2D eigenvalue weighted by atomic mass is 9.98. The van der Waals surface area contributed by atoms with Crippen molar-refractivity contribution in [3.63, 3.8) is 0 Å². The molecule has 1 atom stereocenters. The molecule has 1 heterocycles. The summed E-state index contributed by atoms with van der Waals surface area (Å²) >= 11 is 0. The monoisotopic (exact) mass is 231 g/mol. The van der Waals surface area contributed by atoms with Gasteiger partial charge in [0.05, 0.1) is 13.4 Å². The summed E-state index contributed by atoms with van der Waals surface area (Å²) in [7, 11) is 1.68. The van der Waals surface area contributed by atoms with Crippen LogP contribution < -0.4 is 10.5 Å². The summed E-state index contributed by atoms with van der Waals surface area (Å²) in [6, 6.07) is 8.00. The third-order valence-corrected chi connectivity index (χ3v) is 2.85. The van der Waals surface area contributed by atoms with Crippen LogP contribution in [0.4, 0.5) is 0 Å². The van der Waals surface area contributed by atoms with Crippen LogP contribution in [0.15, 0.2) is 43.0 Å². The summed E-state index contributed by atoms with van der Waals surface area (Å²) in [5.74, 6) is 1.13. The van der Waals surface area contributed by atoms with Gasteiger partial charge in [0.15, 0.2) is 0 Å². The SMILES string of the molecule is COc1ccccc1C(CN)Cn1ccnc1. The molecule has 0 saturated carbocycles. The molecule has 0 aliphatic carbocycles. The molecule has 0 bridgehead atoms. The van der Waals surface area contributed by atoms with Gasteiger partial charge in [-0.05, 0) is 6.07 Å². The highest BCUT2D eigenvalue weighted by Crippen LogP contribution is 2.26. The van der Waals surface area contributed by atoms with Crippen LogP contribution in [0.25, 0.3) is 0 Å². The van der Waals surface area contributed by atoms with Gasteiger partial charge < -0.3 is 15.0 Å². The highest BCUT2D eigenvalue weighted by molar-refractivity contribution is 5.36. The number of benzene rings is 1. The van der Waals surface area contributed by atoms with Crippen LogP contribution in [0, 0.1) is 0 Å². The molecular formula is C13H17N3O. The largest absolute Gasteiger partial charge is 0.496 e. The molecule has 90 valence electrons. The molecule has 0 fully saturated rings. The number of nitrogens with zero attached hydrogens (tertiary/aromatic N) is 2. The molecule has 0 saturated heterocycles. The van der Waals surface area contributed by atoms with E-state index in [-0.39, 0.29) is 5.92 Å². The molecule has 0 radical (unpaired) electrons. The van der Waals surface area contributed by atoms with Gasteiger partial charge in [-0.2, -0.15) is 0 Å². The fraction of sp³-hybridized carbons (Fsp3) is 0.308. The molecule has 2 N–H and O–H groups in total. The Balaban J connectivity index is 2.22. The molecule has 0 amide bonds. The molecule has 1 aromatic heterocycles. The van der Waals surface area contributed by atoms with Crippen LogP contribution in [0.3, 0.4) is 0 Å². The Kier molecular flexibility index (Phi) is 3.77. The van der Waals surface area contributed by atoms with Gasteiger partial charge in [-0.3, -0.25) is 0 Å². The van der Waals surface area contributed by atoms with Crippen LogP contribution in [0.5, 0.6) is 5.75 Å². The lowest BCUT2D eigenvalue weighted by Gasteiger charge is -2.18. The van der Waals surface area contributed by atoms with Crippen molar-refractivity contribution in [1.29, 1.82) is 0 Å². The van der Waals surface area contributed by atoms with E-state index in [2.05, 4.69) is 11.1 Å². The molecule has 4 heteroatoms. The molecule has 17 heavy (non-hydrogen) atoms. The van der Waals surface area contributed by atoms with Crippen LogP contribution in [-0.4, -0.2) is 23.2 Å². The standard InChI is InChI=1S/C13H17N3O/c1-17-13-5-3-2-4-12(13)11(8-14)9-16-7-6-15-10-16/h2-7,10-11H,8-9,14H2,1H3. The molecule has 4 nitrogen and oxygen atoms in total. The van der Waals surface area contributed by atoms with Gasteiger partial charge in [0.1, 0.15) is 5.75 Å². The van der Waals surface area contributed by atoms with Crippen LogP contribution in [-0.2, 0) is 6.54 Å². The minimum atomic E-state index is 0.236. The number of imidazole rings is 1. The number of para-hydroxylation sites is 1. The Labute approximate surface area is 101 Å². The van der Waals surface area contributed by atoms with Gasteiger partial charge in [0.25, 0.3) is 0 Å². The Morgan fingerprint density at radius 1 is 1.41 bits per heavy atom. The van der Waals surface area contributed by atoms with Crippen LogP contribution >= 0.6 is 0 Å². The quantitative estimate of drug-likeness (QED) is 0.851. The zero-order chi connectivity index (χ0) is 12.1. The summed E-state index contributed by atoms with van der Waals surface area (Å²) in [6.07, 6.45) is 5.52. The first kappa shape index (κ1) is 11.7. The van der Waals surface area contributed by atoms with Gasteiger partial charge >= 0.3 is 0 Å². The molecule has 0 aliphatic heterocycles. The van der Waals surface area contributed by atoms with Crippen molar-refractivity contribution >= 4 is 0 Å². The zero-order valence-corrected chi connectivity index (χ0v) is 9.91. The highest BCUT2D eigenvalue weighted by atomic mass is 16.5. The van der Waals surface area contributed by atoms with Crippen molar-refractivity contribution < 1.29 is 4.74 Å². The Hall–Kier alpha value is -1.81. The van der Waals surface area contributed by atoms with Gasteiger partial charge in [-0.1, -0.05) is 18.2 Å². The van der Waals surface area contributed by atoms with E-state index in [1.165, 1.54) is 0 Å². The van der Waals surface area contributed by atoms with Crippen molar-refractivity contribution in [2.75, 3.05) is 13.7 Å². The normalized spacial score (nSPS) is 12.4. The number of methoxy groups -OCH3 is 1. The van der Waals surface area contributed by atoms with E-state index in [0.717, 1.165) is 17.9 Å². The average Bonchev–Trinajstić information content (AvgIpc) is 2.89. The lowest BCUT2D eigenvalue weighted by Crippen LogP contribution is -2.18. The van der Waals surface area contributed by atoms with Crippen molar-refractivity contribution in [3.8, 4) is 5.75 Å². The summed E-state index contributed by atoms with van der Waals surface area (Å²) in [6.45, 7) is 1.40. The van der Waals surface area contributed by atoms with E-state index >= 15 is 0 Å². The predicted molar refractivity (Wildman–Crippen MR) is 67.0 cm³/mol. The van der Waals surface area contributed by atoms with Gasteiger partial charge in [-0.15, -0.1) is 0 Å². The lowest BCUT2D eigenvalue weighted by molar-refractivity contribution is 0.402. The number of nitrogens with two attached hydrogens (primary N) is 1. The molecule has 2 rings (SSSR count). The maximum absolute atomic E-state index is 5.86.